The molecule has 1 N–H and O–H groups in total. The van der Waals surface area contributed by atoms with Crippen molar-refractivity contribution in [1.29, 1.82) is 0 Å². The molecule has 0 saturated carbocycles. The topological polar surface area (TPSA) is 93.3 Å². The van der Waals surface area contributed by atoms with Crippen molar-refractivity contribution >= 4 is 24.1 Å². The third kappa shape index (κ3) is 15.6. The first-order valence-corrected chi connectivity index (χ1v) is 18.5. The summed E-state index contributed by atoms with van der Waals surface area (Å²) in [5.41, 5.74) is 0.223. The first-order chi connectivity index (χ1) is 22.0. The molecule has 0 spiro atoms. The van der Waals surface area contributed by atoms with Gasteiger partial charge in [-0.25, -0.2) is 0 Å². The van der Waals surface area contributed by atoms with E-state index in [1.54, 1.807) is 11.9 Å². The molecule has 3 saturated heterocycles. The Labute approximate surface area is 288 Å². The zero-order chi connectivity index (χ0) is 35.7. The Hall–Kier alpha value is -2.42. The lowest BCUT2D eigenvalue weighted by molar-refractivity contribution is -0.141. The molecular weight excluding hydrogens is 590 g/mol. The average Bonchev–Trinajstić information content (AvgIpc) is 3.31. The van der Waals surface area contributed by atoms with Crippen molar-refractivity contribution in [3.05, 3.63) is 11.6 Å². The van der Waals surface area contributed by atoms with E-state index in [0.717, 1.165) is 77.2 Å². The third-order valence-electron chi connectivity index (χ3n) is 9.13. The second-order valence-electron chi connectivity index (χ2n) is 15.8. The largest absolute Gasteiger partial charge is 0.345 e. The highest BCUT2D eigenvalue weighted by molar-refractivity contribution is 5.93. The van der Waals surface area contributed by atoms with Crippen LogP contribution in [0.25, 0.3) is 0 Å². The first-order valence-electron chi connectivity index (χ1n) is 18.5. The van der Waals surface area contributed by atoms with Crippen LogP contribution in [0, 0.1) is 11.3 Å². The van der Waals surface area contributed by atoms with Crippen LogP contribution in [0.2, 0.25) is 0 Å². The molecule has 47 heavy (non-hydrogen) atoms. The number of hydrogen-bond donors (Lipinski definition) is 1. The van der Waals surface area contributed by atoms with Crippen LogP contribution in [0.5, 0.6) is 0 Å². The lowest BCUT2D eigenvalue weighted by atomic mass is 9.85. The highest BCUT2D eigenvalue weighted by atomic mass is 16.2. The van der Waals surface area contributed by atoms with Gasteiger partial charge in [-0.15, -0.1) is 0 Å². The van der Waals surface area contributed by atoms with Gasteiger partial charge in [-0.1, -0.05) is 66.9 Å². The molecule has 3 unspecified atom stereocenters. The van der Waals surface area contributed by atoms with Crippen LogP contribution in [-0.4, -0.2) is 108 Å². The maximum absolute atomic E-state index is 13.6. The molecule has 3 rings (SSSR count). The summed E-state index contributed by atoms with van der Waals surface area (Å²) in [6, 6.07) is -0.814. The molecule has 3 atom stereocenters. The number of carbonyl (C=O) groups excluding carboxylic acids is 4. The third-order valence-corrected chi connectivity index (χ3v) is 9.13. The van der Waals surface area contributed by atoms with Crippen LogP contribution in [0.15, 0.2) is 11.6 Å². The van der Waals surface area contributed by atoms with E-state index in [0.29, 0.717) is 5.57 Å². The minimum atomic E-state index is -0.644. The zero-order valence-electron chi connectivity index (χ0n) is 32.1. The van der Waals surface area contributed by atoms with Crippen molar-refractivity contribution < 1.29 is 19.2 Å². The minimum Gasteiger partial charge on any atom is -0.345 e. The molecule has 4 amide bonds. The number of piperidine rings is 2. The molecule has 272 valence electrons. The van der Waals surface area contributed by atoms with Crippen molar-refractivity contribution in [3.63, 3.8) is 0 Å². The van der Waals surface area contributed by atoms with E-state index in [1.807, 2.05) is 50.5 Å². The molecule has 9 nitrogen and oxygen atoms in total. The molecule has 3 fully saturated rings. The number of likely N-dealkylation sites (tertiary alicyclic amines) is 3. The molecule has 0 aromatic carbocycles. The van der Waals surface area contributed by atoms with Gasteiger partial charge in [0.15, 0.2) is 0 Å². The van der Waals surface area contributed by atoms with Gasteiger partial charge >= 0.3 is 0 Å². The van der Waals surface area contributed by atoms with Gasteiger partial charge in [0.2, 0.25) is 24.1 Å². The Morgan fingerprint density at radius 3 is 1.77 bits per heavy atom. The number of carbonyl (C=O) groups is 4. The van der Waals surface area contributed by atoms with E-state index < -0.39 is 11.5 Å². The summed E-state index contributed by atoms with van der Waals surface area (Å²) in [6.45, 7) is 24.9. The maximum atomic E-state index is 13.6. The average molecular weight is 662 g/mol. The van der Waals surface area contributed by atoms with E-state index in [9.17, 15) is 19.2 Å². The number of likely N-dealkylation sites (N-methyl/N-ethyl adjacent to an activating group) is 1. The molecule has 0 radical (unpaired) electrons. The molecule has 0 aliphatic carbocycles. The minimum absolute atomic E-state index is 0.0548. The summed E-state index contributed by atoms with van der Waals surface area (Å²) < 4.78 is 0. The van der Waals surface area contributed by atoms with Crippen molar-refractivity contribution in [3.8, 4) is 0 Å². The Morgan fingerprint density at radius 2 is 1.28 bits per heavy atom. The van der Waals surface area contributed by atoms with Gasteiger partial charge < -0.3 is 20.0 Å². The lowest BCUT2D eigenvalue weighted by Gasteiger charge is -2.40. The fraction of sp³-hybridized carbons (Fsp3) is 0.842. The van der Waals surface area contributed by atoms with Crippen LogP contribution < -0.4 is 5.32 Å². The molecule has 9 heteroatoms. The van der Waals surface area contributed by atoms with Gasteiger partial charge in [0, 0.05) is 50.9 Å². The Morgan fingerprint density at radius 1 is 0.787 bits per heavy atom. The molecule has 3 heterocycles. The summed E-state index contributed by atoms with van der Waals surface area (Å²) in [5.74, 6) is 0.698. The maximum Gasteiger partial charge on any atom is 0.249 e. The predicted octanol–water partition coefficient (Wildman–Crippen LogP) is 6.27. The predicted molar refractivity (Wildman–Crippen MR) is 194 cm³/mol. The van der Waals surface area contributed by atoms with Crippen molar-refractivity contribution in [1.82, 2.24) is 24.9 Å². The normalized spacial score (nSPS) is 21.0. The quantitative estimate of drug-likeness (QED) is 0.245. The van der Waals surface area contributed by atoms with Gasteiger partial charge in [-0.2, -0.15) is 0 Å². The van der Waals surface area contributed by atoms with Gasteiger partial charge in [0.1, 0.15) is 6.04 Å². The standard InChI is InChI=1S/C27H48N4O3.C7H13NO.C4H10/c1-19(2)31-17-13-10-14-22(31)24(32)28-23(27(5,6)7)26(34)29(8)21(4)18-20(3)25(33)30-15-11-9-12-16-30;9-7-8-5-3-1-2-4-6-8;1-4(2)3/h18-19,21-23H,9-17H2,1-8H3,(H,28,32);7H,1-6H2;4H,1-3H3/b20-18+;;. The van der Waals surface area contributed by atoms with Gasteiger partial charge in [0.05, 0.1) is 6.04 Å². The van der Waals surface area contributed by atoms with Crippen LogP contribution >= 0.6 is 0 Å². The highest BCUT2D eigenvalue weighted by Crippen LogP contribution is 2.25. The van der Waals surface area contributed by atoms with Crippen LogP contribution in [-0.2, 0) is 19.2 Å². The van der Waals surface area contributed by atoms with Crippen molar-refractivity contribution in [2.24, 2.45) is 11.3 Å². The summed E-state index contributed by atoms with van der Waals surface area (Å²) in [5, 5.41) is 3.11. The van der Waals surface area contributed by atoms with E-state index in [4.69, 9.17) is 0 Å². The second kappa shape index (κ2) is 21.5. The lowest BCUT2D eigenvalue weighted by Crippen LogP contribution is -2.60. The molecular formula is C38H71N5O4. The zero-order valence-corrected chi connectivity index (χ0v) is 32.1. The van der Waals surface area contributed by atoms with Crippen molar-refractivity contribution in [2.45, 2.75) is 158 Å². The number of amides is 4. The van der Waals surface area contributed by atoms with Crippen LogP contribution in [0.3, 0.4) is 0 Å². The van der Waals surface area contributed by atoms with E-state index in [2.05, 4.69) is 44.8 Å². The Kier molecular flexibility index (Phi) is 19.5. The highest BCUT2D eigenvalue weighted by Gasteiger charge is 2.39. The van der Waals surface area contributed by atoms with E-state index >= 15 is 0 Å². The molecule has 3 aliphatic heterocycles. The fourth-order valence-corrected chi connectivity index (χ4v) is 6.24. The summed E-state index contributed by atoms with van der Waals surface area (Å²) >= 11 is 0. The summed E-state index contributed by atoms with van der Waals surface area (Å²) in [4.78, 5) is 57.6. The SMILES string of the molecule is C/C(=C\C(C)N(C)C(=O)C(NC(=O)C1CCCCN1C(C)C)C(C)(C)C)C(=O)N1CCCCC1.CC(C)C.O=CN1CCCCCC1. The molecule has 0 bridgehead atoms. The van der Waals surface area contributed by atoms with Gasteiger partial charge in [0.25, 0.3) is 0 Å². The first kappa shape index (κ1) is 42.6. The van der Waals surface area contributed by atoms with Crippen LogP contribution in [0.4, 0.5) is 0 Å². The number of nitrogens with zero attached hydrogens (tertiary/aromatic N) is 4. The van der Waals surface area contributed by atoms with E-state index in [-0.39, 0.29) is 35.8 Å². The smallest absolute Gasteiger partial charge is 0.249 e. The van der Waals surface area contributed by atoms with E-state index in [1.165, 1.54) is 32.1 Å². The number of nitrogens with one attached hydrogen (secondary N) is 1. The Bertz CT molecular complexity index is 972. The molecule has 0 aromatic rings. The van der Waals surface area contributed by atoms with Gasteiger partial charge in [-0.05, 0) is 90.5 Å². The summed E-state index contributed by atoms with van der Waals surface area (Å²) in [6.07, 6.45) is 14.0. The molecule has 3 aliphatic rings. The number of hydrogen-bond acceptors (Lipinski definition) is 5. The molecule has 0 aromatic heterocycles. The van der Waals surface area contributed by atoms with Crippen molar-refractivity contribution in [2.75, 3.05) is 39.8 Å². The fourth-order valence-electron chi connectivity index (χ4n) is 6.24. The van der Waals surface area contributed by atoms with Crippen LogP contribution in [0.1, 0.15) is 133 Å². The van der Waals surface area contributed by atoms with Gasteiger partial charge in [-0.3, -0.25) is 24.1 Å². The second-order valence-corrected chi connectivity index (χ2v) is 15.8. The summed E-state index contributed by atoms with van der Waals surface area (Å²) in [7, 11) is 1.76. The monoisotopic (exact) mass is 662 g/mol. The Balaban J connectivity index is 0.000000705. The number of rotatable bonds is 8.